The summed E-state index contributed by atoms with van der Waals surface area (Å²) in [5.41, 5.74) is 6.77. The minimum absolute atomic E-state index is 0.259. The largest absolute Gasteiger partial charge is 0.495 e. The lowest BCUT2D eigenvalue weighted by molar-refractivity contribution is 0.252. The summed E-state index contributed by atoms with van der Waals surface area (Å²) in [7, 11) is 1.54. The van der Waals surface area contributed by atoms with Crippen LogP contribution in [0.1, 0.15) is 13.3 Å². The number of hydrogen-bond acceptors (Lipinski definition) is 3. The number of nitrogens with one attached hydrogen (secondary N) is 2. The first-order chi connectivity index (χ1) is 7.67. The maximum Gasteiger partial charge on any atom is 0.319 e. The average Bonchev–Trinajstić information content (AvgIpc) is 2.27. The second-order valence-corrected chi connectivity index (χ2v) is 3.34. The van der Waals surface area contributed by atoms with Gasteiger partial charge in [-0.2, -0.15) is 0 Å². The molecule has 16 heavy (non-hydrogen) atoms. The van der Waals surface area contributed by atoms with E-state index in [0.717, 1.165) is 6.42 Å². The van der Waals surface area contributed by atoms with Crippen molar-refractivity contribution in [2.24, 2.45) is 0 Å². The van der Waals surface area contributed by atoms with Gasteiger partial charge >= 0.3 is 6.03 Å². The van der Waals surface area contributed by atoms with Crippen LogP contribution in [0.5, 0.6) is 5.75 Å². The number of methoxy groups -OCH3 is 1. The Hall–Kier alpha value is -1.91. The van der Waals surface area contributed by atoms with E-state index in [1.54, 1.807) is 25.3 Å². The number of carbonyl (C=O) groups excluding carboxylic acids is 1. The molecule has 0 aliphatic rings. The van der Waals surface area contributed by atoms with Crippen LogP contribution in [0, 0.1) is 0 Å². The third-order valence-corrected chi connectivity index (χ3v) is 2.01. The van der Waals surface area contributed by atoms with Gasteiger partial charge in [-0.05, 0) is 24.6 Å². The van der Waals surface area contributed by atoms with Gasteiger partial charge in [-0.3, -0.25) is 0 Å². The Morgan fingerprint density at radius 2 is 2.25 bits per heavy atom. The molecule has 0 atom stereocenters. The Kier molecular flexibility index (Phi) is 4.44. The maximum absolute atomic E-state index is 11.4. The summed E-state index contributed by atoms with van der Waals surface area (Å²) in [6.45, 7) is 2.62. The molecule has 2 amide bonds. The topological polar surface area (TPSA) is 76.4 Å². The SMILES string of the molecule is CCCNC(=O)Nc1cc(N)ccc1OC. The number of hydrogen-bond donors (Lipinski definition) is 3. The molecule has 0 unspecified atom stereocenters. The molecule has 4 N–H and O–H groups in total. The number of urea groups is 1. The van der Waals surface area contributed by atoms with E-state index < -0.39 is 0 Å². The predicted molar refractivity (Wildman–Crippen MR) is 64.7 cm³/mol. The quantitative estimate of drug-likeness (QED) is 0.681. The Bertz CT molecular complexity index is 366. The fourth-order valence-corrected chi connectivity index (χ4v) is 1.23. The minimum atomic E-state index is -0.259. The van der Waals surface area contributed by atoms with Crippen LogP contribution in [-0.2, 0) is 0 Å². The molecule has 5 nitrogen and oxygen atoms in total. The number of ether oxygens (including phenoxy) is 1. The van der Waals surface area contributed by atoms with Crippen LogP contribution in [0.3, 0.4) is 0 Å². The van der Waals surface area contributed by atoms with Gasteiger partial charge in [-0.25, -0.2) is 4.79 Å². The van der Waals surface area contributed by atoms with Crippen molar-refractivity contribution in [3.05, 3.63) is 18.2 Å². The van der Waals surface area contributed by atoms with Crippen LogP contribution < -0.4 is 21.1 Å². The van der Waals surface area contributed by atoms with E-state index in [-0.39, 0.29) is 6.03 Å². The van der Waals surface area contributed by atoms with Crippen molar-refractivity contribution in [3.63, 3.8) is 0 Å². The summed E-state index contributed by atoms with van der Waals surface area (Å²) >= 11 is 0. The van der Waals surface area contributed by atoms with Gasteiger partial charge in [0.2, 0.25) is 0 Å². The highest BCUT2D eigenvalue weighted by atomic mass is 16.5. The Labute approximate surface area is 95.0 Å². The average molecular weight is 223 g/mol. The van der Waals surface area contributed by atoms with Crippen LogP contribution in [0.25, 0.3) is 0 Å². The van der Waals surface area contributed by atoms with Crippen molar-refractivity contribution < 1.29 is 9.53 Å². The van der Waals surface area contributed by atoms with E-state index in [2.05, 4.69) is 10.6 Å². The third-order valence-electron chi connectivity index (χ3n) is 2.01. The zero-order valence-corrected chi connectivity index (χ0v) is 9.54. The molecule has 0 bridgehead atoms. The Balaban J connectivity index is 2.71. The van der Waals surface area contributed by atoms with E-state index in [1.807, 2.05) is 6.92 Å². The highest BCUT2D eigenvalue weighted by Gasteiger charge is 2.06. The van der Waals surface area contributed by atoms with Crippen LogP contribution >= 0.6 is 0 Å². The molecular weight excluding hydrogens is 206 g/mol. The van der Waals surface area contributed by atoms with Crippen molar-refractivity contribution in [3.8, 4) is 5.75 Å². The van der Waals surface area contributed by atoms with E-state index in [1.165, 1.54) is 0 Å². The fourth-order valence-electron chi connectivity index (χ4n) is 1.23. The third kappa shape index (κ3) is 3.34. The highest BCUT2D eigenvalue weighted by Crippen LogP contribution is 2.26. The molecule has 1 aromatic rings. The highest BCUT2D eigenvalue weighted by molar-refractivity contribution is 5.91. The molecule has 0 aromatic heterocycles. The molecular formula is C11H17N3O2. The van der Waals surface area contributed by atoms with E-state index >= 15 is 0 Å². The number of rotatable bonds is 4. The molecule has 1 rings (SSSR count). The summed E-state index contributed by atoms with van der Waals surface area (Å²) in [6.07, 6.45) is 0.890. The molecule has 0 aliphatic carbocycles. The predicted octanol–water partition coefficient (Wildman–Crippen LogP) is 1.81. The molecule has 88 valence electrons. The van der Waals surface area contributed by atoms with Gasteiger partial charge in [0.15, 0.2) is 0 Å². The van der Waals surface area contributed by atoms with Crippen molar-refractivity contribution >= 4 is 17.4 Å². The van der Waals surface area contributed by atoms with Crippen LogP contribution in [0.4, 0.5) is 16.2 Å². The zero-order chi connectivity index (χ0) is 12.0. The van der Waals surface area contributed by atoms with Gasteiger partial charge in [-0.1, -0.05) is 6.92 Å². The summed E-state index contributed by atoms with van der Waals surface area (Å²) < 4.78 is 5.11. The van der Waals surface area contributed by atoms with Crippen molar-refractivity contribution in [2.45, 2.75) is 13.3 Å². The zero-order valence-electron chi connectivity index (χ0n) is 9.54. The van der Waals surface area contributed by atoms with Crippen LogP contribution in [-0.4, -0.2) is 19.7 Å². The van der Waals surface area contributed by atoms with Gasteiger partial charge in [0, 0.05) is 12.2 Å². The molecule has 1 aromatic carbocycles. The summed E-state index contributed by atoms with van der Waals surface area (Å²) in [4.78, 5) is 11.4. The molecule has 0 heterocycles. The molecule has 0 saturated heterocycles. The van der Waals surface area contributed by atoms with Crippen LogP contribution in [0.2, 0.25) is 0 Å². The lowest BCUT2D eigenvalue weighted by Gasteiger charge is -2.11. The number of anilines is 2. The molecule has 0 fully saturated rings. The first-order valence-electron chi connectivity index (χ1n) is 5.15. The molecule has 5 heteroatoms. The lowest BCUT2D eigenvalue weighted by atomic mass is 10.2. The van der Waals surface area contributed by atoms with Gasteiger partial charge in [0.1, 0.15) is 5.75 Å². The normalized spacial score (nSPS) is 9.62. The molecule has 0 saturated carbocycles. The van der Waals surface area contributed by atoms with Gasteiger partial charge in [0.05, 0.1) is 12.8 Å². The van der Waals surface area contributed by atoms with Gasteiger partial charge in [0.25, 0.3) is 0 Å². The number of benzene rings is 1. The van der Waals surface area contributed by atoms with Crippen molar-refractivity contribution in [2.75, 3.05) is 24.7 Å². The van der Waals surface area contributed by atoms with Crippen molar-refractivity contribution in [1.82, 2.24) is 5.32 Å². The molecule has 0 aliphatic heterocycles. The summed E-state index contributed by atoms with van der Waals surface area (Å²) in [6, 6.07) is 4.83. The lowest BCUT2D eigenvalue weighted by Crippen LogP contribution is -2.29. The first-order valence-corrected chi connectivity index (χ1v) is 5.15. The first kappa shape index (κ1) is 12.2. The summed E-state index contributed by atoms with van der Waals surface area (Å²) in [5, 5.41) is 5.39. The maximum atomic E-state index is 11.4. The Morgan fingerprint density at radius 3 is 2.88 bits per heavy atom. The monoisotopic (exact) mass is 223 g/mol. The van der Waals surface area contributed by atoms with E-state index in [4.69, 9.17) is 10.5 Å². The minimum Gasteiger partial charge on any atom is -0.495 e. The molecule has 0 radical (unpaired) electrons. The van der Waals surface area contributed by atoms with Crippen LogP contribution in [0.15, 0.2) is 18.2 Å². The standard InChI is InChI=1S/C11H17N3O2/c1-3-6-13-11(15)14-9-7-8(12)4-5-10(9)16-2/h4-5,7H,3,6,12H2,1-2H3,(H2,13,14,15). The van der Waals surface area contributed by atoms with Gasteiger partial charge in [-0.15, -0.1) is 0 Å². The summed E-state index contributed by atoms with van der Waals surface area (Å²) in [5.74, 6) is 0.584. The number of carbonyl (C=O) groups is 1. The number of amides is 2. The van der Waals surface area contributed by atoms with E-state index in [9.17, 15) is 4.79 Å². The van der Waals surface area contributed by atoms with Crippen molar-refractivity contribution in [1.29, 1.82) is 0 Å². The second kappa shape index (κ2) is 5.85. The smallest absolute Gasteiger partial charge is 0.319 e. The number of nitrogen functional groups attached to an aromatic ring is 1. The Morgan fingerprint density at radius 1 is 1.50 bits per heavy atom. The fraction of sp³-hybridized carbons (Fsp3) is 0.364. The van der Waals surface area contributed by atoms with Gasteiger partial charge < -0.3 is 21.1 Å². The number of nitrogens with two attached hydrogens (primary N) is 1. The van der Waals surface area contributed by atoms with E-state index in [0.29, 0.717) is 23.7 Å². The molecule has 0 spiro atoms. The second-order valence-electron chi connectivity index (χ2n) is 3.34.